The number of carbonyl (C=O) groups is 1. The van der Waals surface area contributed by atoms with Crippen molar-refractivity contribution >= 4 is 17.2 Å². The highest BCUT2D eigenvalue weighted by Crippen LogP contribution is 2.11. The number of hydrogen-bond donors (Lipinski definition) is 1. The van der Waals surface area contributed by atoms with Crippen LogP contribution in [0.3, 0.4) is 0 Å². The van der Waals surface area contributed by atoms with Crippen molar-refractivity contribution in [1.29, 1.82) is 0 Å². The minimum Gasteiger partial charge on any atom is -0.348 e. The molecule has 0 unspecified atom stereocenters. The molecule has 0 saturated heterocycles. The molecule has 0 atom stereocenters. The number of nitrogens with one attached hydrogen (secondary N) is 1. The van der Waals surface area contributed by atoms with Crippen molar-refractivity contribution in [3.05, 3.63) is 28.7 Å². The Kier molecular flexibility index (Phi) is 2.40. The van der Waals surface area contributed by atoms with Crippen LogP contribution in [0.2, 0.25) is 0 Å². The number of amides is 1. The smallest absolute Gasteiger partial charge is 0.263 e. The minimum atomic E-state index is -0.00352. The van der Waals surface area contributed by atoms with Gasteiger partial charge in [0, 0.05) is 6.04 Å². The van der Waals surface area contributed by atoms with Gasteiger partial charge in [0.25, 0.3) is 5.91 Å². The van der Waals surface area contributed by atoms with Crippen molar-refractivity contribution in [2.75, 3.05) is 0 Å². The fourth-order valence-electron chi connectivity index (χ4n) is 1.32. The highest BCUT2D eigenvalue weighted by atomic mass is 32.1. The molecule has 13 heavy (non-hydrogen) atoms. The molecule has 0 fully saturated rings. The molecule has 1 heterocycles. The summed E-state index contributed by atoms with van der Waals surface area (Å²) in [5.41, 5.74) is 1.67. The van der Waals surface area contributed by atoms with Crippen LogP contribution in [-0.2, 0) is 0 Å². The van der Waals surface area contributed by atoms with E-state index in [-0.39, 0.29) is 11.9 Å². The van der Waals surface area contributed by atoms with Gasteiger partial charge in [-0.05, 0) is 12.8 Å². The van der Waals surface area contributed by atoms with Crippen LogP contribution in [0.1, 0.15) is 22.5 Å². The number of rotatable bonds is 2. The maximum absolute atomic E-state index is 11.5. The molecule has 1 amide bonds. The second-order valence-corrected chi connectivity index (χ2v) is 3.87. The van der Waals surface area contributed by atoms with Crippen molar-refractivity contribution in [3.63, 3.8) is 0 Å². The van der Waals surface area contributed by atoms with Crippen LogP contribution in [0.5, 0.6) is 0 Å². The number of nitrogens with zero attached hydrogens (tertiary/aromatic N) is 1. The van der Waals surface area contributed by atoms with Crippen molar-refractivity contribution in [3.8, 4) is 0 Å². The second-order valence-electron chi connectivity index (χ2n) is 2.98. The highest BCUT2D eigenvalue weighted by Gasteiger charge is 2.14. The van der Waals surface area contributed by atoms with Gasteiger partial charge < -0.3 is 5.32 Å². The number of thiazole rings is 1. The standard InChI is InChI=1S/C9H10N2OS/c12-9(8-5-10-6-13-8)11-7-3-1-2-4-7/h1-2,5-7H,3-4H2,(H,11,12). The van der Waals surface area contributed by atoms with Crippen molar-refractivity contribution in [2.45, 2.75) is 18.9 Å². The zero-order chi connectivity index (χ0) is 9.10. The van der Waals surface area contributed by atoms with E-state index in [1.807, 2.05) is 0 Å². The van der Waals surface area contributed by atoms with E-state index in [4.69, 9.17) is 0 Å². The van der Waals surface area contributed by atoms with Crippen LogP contribution in [0, 0.1) is 0 Å². The Hall–Kier alpha value is -1.16. The molecule has 1 aliphatic rings. The third-order valence-corrected chi connectivity index (χ3v) is 2.77. The Bertz CT molecular complexity index is 310. The predicted molar refractivity (Wildman–Crippen MR) is 51.7 cm³/mol. The molecule has 0 aliphatic heterocycles. The van der Waals surface area contributed by atoms with Gasteiger partial charge in [-0.1, -0.05) is 12.2 Å². The summed E-state index contributed by atoms with van der Waals surface area (Å²) in [6.45, 7) is 0. The lowest BCUT2D eigenvalue weighted by molar-refractivity contribution is 0.0943. The lowest BCUT2D eigenvalue weighted by Crippen LogP contribution is -2.32. The predicted octanol–water partition coefficient (Wildman–Crippen LogP) is 1.59. The average Bonchev–Trinajstić information content (AvgIpc) is 2.74. The summed E-state index contributed by atoms with van der Waals surface area (Å²) in [6, 6.07) is 0.287. The molecule has 2 rings (SSSR count). The Morgan fingerprint density at radius 2 is 2.31 bits per heavy atom. The zero-order valence-electron chi connectivity index (χ0n) is 7.06. The third kappa shape index (κ3) is 1.95. The summed E-state index contributed by atoms with van der Waals surface area (Å²) in [7, 11) is 0. The minimum absolute atomic E-state index is 0.00352. The van der Waals surface area contributed by atoms with Gasteiger partial charge in [-0.3, -0.25) is 9.78 Å². The van der Waals surface area contributed by atoms with E-state index in [0.717, 1.165) is 12.8 Å². The molecule has 4 heteroatoms. The van der Waals surface area contributed by atoms with Gasteiger partial charge >= 0.3 is 0 Å². The third-order valence-electron chi connectivity index (χ3n) is 2.00. The normalized spacial score (nSPS) is 16.3. The van der Waals surface area contributed by atoms with E-state index in [0.29, 0.717) is 4.88 Å². The Labute approximate surface area is 80.5 Å². The Morgan fingerprint density at radius 3 is 2.92 bits per heavy atom. The number of hydrogen-bond acceptors (Lipinski definition) is 3. The first-order valence-corrected chi connectivity index (χ1v) is 5.08. The van der Waals surface area contributed by atoms with Crippen LogP contribution in [0.15, 0.2) is 23.9 Å². The van der Waals surface area contributed by atoms with Gasteiger partial charge in [0.15, 0.2) is 0 Å². The molecule has 68 valence electrons. The van der Waals surface area contributed by atoms with Crippen molar-refractivity contribution in [1.82, 2.24) is 10.3 Å². The molecule has 1 N–H and O–H groups in total. The van der Waals surface area contributed by atoms with Crippen molar-refractivity contribution in [2.24, 2.45) is 0 Å². The van der Waals surface area contributed by atoms with Crippen LogP contribution >= 0.6 is 11.3 Å². The Balaban J connectivity index is 1.92. The topological polar surface area (TPSA) is 42.0 Å². The summed E-state index contributed by atoms with van der Waals surface area (Å²) in [6.07, 6.45) is 7.69. The maximum Gasteiger partial charge on any atom is 0.263 e. The molecular weight excluding hydrogens is 184 g/mol. The van der Waals surface area contributed by atoms with Crippen molar-refractivity contribution < 1.29 is 4.79 Å². The molecule has 1 aromatic rings. The monoisotopic (exact) mass is 194 g/mol. The van der Waals surface area contributed by atoms with Crippen LogP contribution in [0.25, 0.3) is 0 Å². The van der Waals surface area contributed by atoms with Gasteiger partial charge in [0.1, 0.15) is 4.88 Å². The van der Waals surface area contributed by atoms with Crippen LogP contribution in [-0.4, -0.2) is 16.9 Å². The summed E-state index contributed by atoms with van der Waals surface area (Å²) in [4.78, 5) is 16.0. The molecule has 1 aliphatic carbocycles. The number of aromatic nitrogens is 1. The molecule has 3 nitrogen and oxygen atoms in total. The van der Waals surface area contributed by atoms with E-state index in [1.165, 1.54) is 11.3 Å². The second kappa shape index (κ2) is 3.70. The lowest BCUT2D eigenvalue weighted by atomic mass is 10.2. The fourth-order valence-corrected chi connectivity index (χ4v) is 1.84. The highest BCUT2D eigenvalue weighted by molar-refractivity contribution is 7.11. The quantitative estimate of drug-likeness (QED) is 0.726. The average molecular weight is 194 g/mol. The SMILES string of the molecule is O=C(NC1CC=CC1)c1cncs1. The summed E-state index contributed by atoms with van der Waals surface area (Å²) < 4.78 is 0. The first-order valence-electron chi connectivity index (χ1n) is 4.20. The van der Waals surface area contributed by atoms with Gasteiger partial charge in [0.05, 0.1) is 11.7 Å². The zero-order valence-corrected chi connectivity index (χ0v) is 7.88. The molecule has 1 aromatic heterocycles. The number of carbonyl (C=O) groups excluding carboxylic acids is 1. The molecular formula is C9H10N2OS. The summed E-state index contributed by atoms with van der Waals surface area (Å²) >= 11 is 1.37. The molecule has 0 radical (unpaired) electrons. The van der Waals surface area contributed by atoms with Gasteiger partial charge in [-0.25, -0.2) is 0 Å². The first kappa shape index (κ1) is 8.44. The van der Waals surface area contributed by atoms with E-state index in [1.54, 1.807) is 11.7 Å². The Morgan fingerprint density at radius 1 is 1.54 bits per heavy atom. The lowest BCUT2D eigenvalue weighted by Gasteiger charge is -2.09. The fraction of sp³-hybridized carbons (Fsp3) is 0.333. The first-order chi connectivity index (χ1) is 6.36. The summed E-state index contributed by atoms with van der Waals surface area (Å²) in [5, 5.41) is 2.95. The van der Waals surface area contributed by atoms with E-state index >= 15 is 0 Å². The van der Waals surface area contributed by atoms with E-state index in [9.17, 15) is 4.79 Å². The maximum atomic E-state index is 11.5. The van der Waals surface area contributed by atoms with Crippen LogP contribution < -0.4 is 5.32 Å². The largest absolute Gasteiger partial charge is 0.348 e. The van der Waals surface area contributed by atoms with E-state index in [2.05, 4.69) is 22.5 Å². The molecule has 0 aromatic carbocycles. The summed E-state index contributed by atoms with van der Waals surface area (Å²) in [5.74, 6) is -0.00352. The van der Waals surface area contributed by atoms with Gasteiger partial charge in [0.2, 0.25) is 0 Å². The van der Waals surface area contributed by atoms with Crippen LogP contribution in [0.4, 0.5) is 0 Å². The van der Waals surface area contributed by atoms with Gasteiger partial charge in [-0.2, -0.15) is 0 Å². The van der Waals surface area contributed by atoms with E-state index < -0.39 is 0 Å². The molecule has 0 spiro atoms. The molecule has 0 saturated carbocycles. The molecule has 0 bridgehead atoms. The van der Waals surface area contributed by atoms with Gasteiger partial charge in [-0.15, -0.1) is 11.3 Å².